The molecule has 528 valence electrons. The van der Waals surface area contributed by atoms with E-state index in [4.69, 9.17) is 9.47 Å². The Morgan fingerprint density at radius 3 is 1.39 bits per heavy atom. The number of rotatable bonds is 27. The molecule has 0 spiro atoms. The van der Waals surface area contributed by atoms with Gasteiger partial charge in [-0.1, -0.05) is 114 Å². The summed E-state index contributed by atoms with van der Waals surface area (Å²) >= 11 is 0. The van der Waals surface area contributed by atoms with Crippen molar-refractivity contribution in [1.82, 2.24) is 44.6 Å². The van der Waals surface area contributed by atoms with Crippen molar-refractivity contribution in [2.24, 2.45) is 16.7 Å². The second-order valence-electron chi connectivity index (χ2n) is 29.6. The number of fused-ring (bicyclic) bond motifs is 1. The molecule has 2 saturated heterocycles. The lowest BCUT2D eigenvalue weighted by atomic mass is 9.84. The molecule has 7 atom stereocenters. The summed E-state index contributed by atoms with van der Waals surface area (Å²) in [5.41, 5.74) is -1.22. The Bertz CT molecular complexity index is 3400. The van der Waals surface area contributed by atoms with Gasteiger partial charge in [0.2, 0.25) is 49.6 Å². The number of aryl methyl sites for hydroxylation is 1. The lowest BCUT2D eigenvalue weighted by Gasteiger charge is -2.38. The highest BCUT2D eigenvalue weighted by Gasteiger charge is 2.44. The van der Waals surface area contributed by atoms with E-state index in [2.05, 4.69) is 20.1 Å². The third kappa shape index (κ3) is 21.8. The highest BCUT2D eigenvalue weighted by atomic mass is 32.2. The van der Waals surface area contributed by atoms with Crippen LogP contribution in [0.25, 0.3) is 10.8 Å². The van der Waals surface area contributed by atoms with E-state index in [1.54, 1.807) is 70.1 Å². The highest BCUT2D eigenvalue weighted by molar-refractivity contribution is 7.89. The van der Waals surface area contributed by atoms with Crippen LogP contribution in [0.3, 0.4) is 0 Å². The van der Waals surface area contributed by atoms with Gasteiger partial charge in [0, 0.05) is 58.3 Å². The molecule has 4 aromatic carbocycles. The average molecular weight is 1370 g/mol. The van der Waals surface area contributed by atoms with Crippen molar-refractivity contribution in [3.63, 3.8) is 0 Å². The average Bonchev–Trinajstić information content (AvgIpc) is 0.810. The monoisotopic (exact) mass is 1370 g/mol. The van der Waals surface area contributed by atoms with Gasteiger partial charge < -0.3 is 34.8 Å². The van der Waals surface area contributed by atoms with Crippen LogP contribution < -0.4 is 20.1 Å². The van der Waals surface area contributed by atoms with Crippen molar-refractivity contribution in [3.05, 3.63) is 108 Å². The van der Waals surface area contributed by atoms with E-state index in [0.717, 1.165) is 11.1 Å². The minimum atomic E-state index is -4.36. The molecule has 96 heavy (non-hydrogen) atoms. The summed E-state index contributed by atoms with van der Waals surface area (Å²) in [4.78, 5) is 118. The summed E-state index contributed by atoms with van der Waals surface area (Å²) in [6.07, 6.45) is 2.50. The van der Waals surface area contributed by atoms with E-state index < -0.39 is 127 Å². The fourth-order valence-electron chi connectivity index (χ4n) is 11.7. The van der Waals surface area contributed by atoms with Crippen molar-refractivity contribution >= 4 is 78.3 Å². The Kier molecular flexibility index (Phi) is 26.0. The maximum Gasteiger partial charge on any atom is 0.410 e. The van der Waals surface area contributed by atoms with Crippen LogP contribution in [0.1, 0.15) is 147 Å². The molecule has 2 fully saturated rings. The van der Waals surface area contributed by atoms with Crippen molar-refractivity contribution < 1.29 is 64.7 Å². The molecule has 4 aromatic rings. The maximum absolute atomic E-state index is 14.6. The fraction of sp³-hybridized carbons (Fsp3) is 0.577. The maximum atomic E-state index is 14.6. The molecule has 23 nitrogen and oxygen atoms in total. The number of likely N-dealkylation sites (tertiary alicyclic amines) is 2. The molecular formula is C71H103N9O14S2. The molecule has 0 saturated carbocycles. The minimum absolute atomic E-state index is 0.0735. The topological polar surface area (TPSA) is 288 Å². The Balaban J connectivity index is 1.13. The zero-order valence-corrected chi connectivity index (χ0v) is 60.6. The number of hydrogen-bond donors (Lipinski definition) is 4. The summed E-state index contributed by atoms with van der Waals surface area (Å²) in [7, 11) is -5.79. The number of likely N-dealkylation sites (N-methyl/N-ethyl adjacent to an activating group) is 2. The van der Waals surface area contributed by atoms with E-state index in [9.17, 15) is 55.2 Å². The summed E-state index contributed by atoms with van der Waals surface area (Å²) < 4.78 is 72.1. The standard InChI is InChI=1S/C71H103N9O14S2/c1-47(76(15)66(87)93-70(9,10)11)62(83)74-60(68(3,4)5)64(85)79-38-23-29-54(79)41-53(32-31-49-25-19-17-20-26-49)58(81)44-72-95(89,90)56-35-33-52-43-57(36-34-51(52)42-56)96(91,92)73-45-59(82)78(40-37-50-27-21-18-22-28-50)46-55-30-24-39-80(55)65(86)61(69(6,7)8)75-63(84)48(2)77(16)67(88)94-71(12,13)14/h17-22,25-28,33-36,42-43,47-48,53-55,60-61,72-73H,23-24,29-32,37-41,44-46H2,1-16H3,(H,74,83)(H,75,84)/t47-,48-,53?,54-,55-,60+,61+/m0/s1. The molecule has 7 amide bonds. The molecule has 1 unspecified atom stereocenters. The second kappa shape index (κ2) is 32.3. The smallest absolute Gasteiger partial charge is 0.410 e. The summed E-state index contributed by atoms with van der Waals surface area (Å²) in [5, 5.41) is 6.55. The van der Waals surface area contributed by atoms with Crippen molar-refractivity contribution in [1.29, 1.82) is 0 Å². The molecule has 2 aliphatic rings. The lowest BCUT2D eigenvalue weighted by molar-refractivity contribution is -0.142. The van der Waals surface area contributed by atoms with Crippen molar-refractivity contribution in [2.75, 3.05) is 53.4 Å². The molecule has 0 aliphatic carbocycles. The summed E-state index contributed by atoms with van der Waals surface area (Å²) in [6.45, 7) is 24.2. The van der Waals surface area contributed by atoms with Gasteiger partial charge in [-0.15, -0.1) is 0 Å². The molecule has 0 bridgehead atoms. The quantitative estimate of drug-likeness (QED) is 0.0438. The first kappa shape index (κ1) is 77.5. The van der Waals surface area contributed by atoms with Gasteiger partial charge in [0.1, 0.15) is 35.4 Å². The van der Waals surface area contributed by atoms with Gasteiger partial charge >= 0.3 is 12.2 Å². The number of carbonyl (C=O) groups is 8. The van der Waals surface area contributed by atoms with Crippen LogP contribution in [-0.2, 0) is 71.1 Å². The van der Waals surface area contributed by atoms with Crippen LogP contribution in [0.15, 0.2) is 107 Å². The molecular weight excluding hydrogens is 1270 g/mol. The molecule has 2 heterocycles. The van der Waals surface area contributed by atoms with Gasteiger partial charge in [-0.2, -0.15) is 0 Å². The second-order valence-corrected chi connectivity index (χ2v) is 33.2. The fourth-order valence-corrected chi connectivity index (χ4v) is 13.7. The predicted molar refractivity (Wildman–Crippen MR) is 368 cm³/mol. The molecule has 6 rings (SSSR count). The van der Waals surface area contributed by atoms with E-state index >= 15 is 0 Å². The Labute approximate surface area is 568 Å². The molecule has 25 heteroatoms. The van der Waals surface area contributed by atoms with Crippen molar-refractivity contribution in [2.45, 2.75) is 206 Å². The number of nitrogens with one attached hydrogen (secondary N) is 4. The van der Waals surface area contributed by atoms with Crippen LogP contribution in [-0.4, -0.2) is 190 Å². The summed E-state index contributed by atoms with van der Waals surface area (Å²) in [5.74, 6) is -3.40. The Hall–Kier alpha value is -7.48. The molecule has 0 aromatic heterocycles. The van der Waals surface area contributed by atoms with Crippen molar-refractivity contribution in [3.8, 4) is 0 Å². The first-order chi connectivity index (χ1) is 44.6. The van der Waals surface area contributed by atoms with Gasteiger partial charge in [-0.3, -0.25) is 38.6 Å². The largest absolute Gasteiger partial charge is 0.444 e. The van der Waals surface area contributed by atoms with Gasteiger partial charge in [0.25, 0.3) is 0 Å². The number of nitrogens with zero attached hydrogens (tertiary/aromatic N) is 5. The van der Waals surface area contributed by atoms with Crippen LogP contribution in [0, 0.1) is 16.7 Å². The first-order valence-corrected chi connectivity index (χ1v) is 36.1. The minimum Gasteiger partial charge on any atom is -0.444 e. The van der Waals surface area contributed by atoms with E-state index in [1.807, 2.05) is 102 Å². The van der Waals surface area contributed by atoms with E-state index in [-0.39, 0.29) is 46.9 Å². The number of Topliss-reactive ketones (excluding diaryl/α,β-unsaturated/α-hetero) is 1. The number of amides is 7. The van der Waals surface area contributed by atoms with Gasteiger partial charge in [0.15, 0.2) is 5.78 Å². The van der Waals surface area contributed by atoms with Crippen LogP contribution in [0.5, 0.6) is 0 Å². The number of hydrogen-bond acceptors (Lipinski definition) is 14. The van der Waals surface area contributed by atoms with E-state index in [0.29, 0.717) is 68.8 Å². The molecule has 0 radical (unpaired) electrons. The number of carbonyl (C=O) groups excluding carboxylic acids is 8. The lowest BCUT2D eigenvalue weighted by Crippen LogP contribution is -2.60. The third-order valence-corrected chi connectivity index (χ3v) is 20.4. The number of sulfonamides is 2. The van der Waals surface area contributed by atoms with Crippen LogP contribution >= 0.6 is 0 Å². The molecule has 4 N–H and O–H groups in total. The highest BCUT2D eigenvalue weighted by Crippen LogP contribution is 2.32. The SMILES string of the molecule is C[C@@H](C(=O)N[C@H](C(=O)N1CCC[C@H]1CC(CCc1ccccc1)C(=O)CNS(=O)(=O)c1ccc2cc(S(=O)(=O)NCC(=O)N(CCc3ccccc3)C[C@@H]3CCCN3C(=O)[C@@H](NC(=O)[C@H](C)N(C)C(=O)OC(C)(C)C)C(C)(C)C)ccc2c1)C(C)(C)C)N(C)C(=O)OC(C)(C)C. The number of ketones is 1. The summed E-state index contributed by atoms with van der Waals surface area (Å²) in [6, 6.07) is 22.4. The Morgan fingerprint density at radius 1 is 0.552 bits per heavy atom. The zero-order chi connectivity index (χ0) is 71.5. The zero-order valence-electron chi connectivity index (χ0n) is 58.9. The normalized spacial score (nSPS) is 17.2. The number of benzene rings is 4. The van der Waals surface area contributed by atoms with Gasteiger partial charge in [0.05, 0.1) is 22.9 Å². The Morgan fingerprint density at radius 2 is 0.958 bits per heavy atom. The first-order valence-electron chi connectivity index (χ1n) is 33.1. The van der Waals surface area contributed by atoms with Crippen LogP contribution in [0.2, 0.25) is 0 Å². The van der Waals surface area contributed by atoms with E-state index in [1.165, 1.54) is 60.3 Å². The molecule has 2 aliphatic heterocycles. The number of ether oxygens (including phenoxy) is 2. The van der Waals surface area contributed by atoms with Gasteiger partial charge in [-0.25, -0.2) is 35.9 Å². The predicted octanol–water partition coefficient (Wildman–Crippen LogP) is 8.23. The van der Waals surface area contributed by atoms with Gasteiger partial charge in [-0.05, 0) is 164 Å². The third-order valence-electron chi connectivity index (χ3n) is 17.6. The van der Waals surface area contributed by atoms with Crippen LogP contribution in [0.4, 0.5) is 9.59 Å².